The van der Waals surface area contributed by atoms with Crippen LogP contribution in [0.5, 0.6) is 0 Å². The molecule has 0 radical (unpaired) electrons. The lowest BCUT2D eigenvalue weighted by Crippen LogP contribution is -2.32. The third kappa shape index (κ3) is 2.53. The molecule has 0 amide bonds. The van der Waals surface area contributed by atoms with Crippen LogP contribution >= 0.6 is 0 Å². The first-order chi connectivity index (χ1) is 9.70. The number of rotatable bonds is 4. The number of nitrogens with zero attached hydrogens (tertiary/aromatic N) is 1. The Morgan fingerprint density at radius 3 is 2.55 bits per heavy atom. The molecule has 1 heterocycles. The molecular formula is C19H27N. The fraction of sp³-hybridized carbons (Fsp3) is 0.684. The van der Waals surface area contributed by atoms with E-state index in [4.69, 9.17) is 0 Å². The van der Waals surface area contributed by atoms with E-state index in [0.29, 0.717) is 5.92 Å². The van der Waals surface area contributed by atoms with Crippen molar-refractivity contribution in [3.63, 3.8) is 0 Å². The molecule has 1 aromatic carbocycles. The van der Waals surface area contributed by atoms with Crippen molar-refractivity contribution in [2.24, 2.45) is 5.92 Å². The molecule has 4 rings (SSSR count). The van der Waals surface area contributed by atoms with Gasteiger partial charge >= 0.3 is 0 Å². The molecule has 1 heteroatoms. The van der Waals surface area contributed by atoms with Gasteiger partial charge in [0.05, 0.1) is 0 Å². The van der Waals surface area contributed by atoms with Gasteiger partial charge in [-0.25, -0.2) is 0 Å². The van der Waals surface area contributed by atoms with E-state index in [1.165, 1.54) is 51.7 Å². The smallest absolute Gasteiger partial charge is 0.0236 e. The fourth-order valence-electron chi connectivity index (χ4n) is 3.78. The molecule has 0 aromatic heterocycles. The molecule has 108 valence electrons. The first kappa shape index (κ1) is 12.9. The molecule has 3 aliphatic rings. The van der Waals surface area contributed by atoms with Gasteiger partial charge in [0.2, 0.25) is 0 Å². The van der Waals surface area contributed by atoms with Crippen molar-refractivity contribution in [3.05, 3.63) is 34.4 Å². The zero-order chi connectivity index (χ0) is 13.7. The van der Waals surface area contributed by atoms with Gasteiger partial charge in [0.1, 0.15) is 0 Å². The average molecular weight is 269 g/mol. The standard InChI is InChI=1S/C19H27N/c1-13(2)18-9-16-7-8-20(11-14-3-4-14)12-17(16)10-19(18)15-5-6-15/h9-10,13-15H,3-8,11-12H2,1-2H3. The van der Waals surface area contributed by atoms with Gasteiger partial charge in [-0.3, -0.25) is 4.90 Å². The van der Waals surface area contributed by atoms with Crippen molar-refractivity contribution < 1.29 is 0 Å². The highest BCUT2D eigenvalue weighted by atomic mass is 15.1. The molecule has 0 bridgehead atoms. The summed E-state index contributed by atoms with van der Waals surface area (Å²) in [6.45, 7) is 8.56. The lowest BCUT2D eigenvalue weighted by Gasteiger charge is -2.30. The Labute approximate surface area is 123 Å². The summed E-state index contributed by atoms with van der Waals surface area (Å²) < 4.78 is 0. The van der Waals surface area contributed by atoms with Gasteiger partial charge in [0, 0.05) is 19.6 Å². The minimum atomic E-state index is 0.681. The van der Waals surface area contributed by atoms with Gasteiger partial charge < -0.3 is 0 Å². The Bertz CT molecular complexity index is 509. The van der Waals surface area contributed by atoms with Gasteiger partial charge in [-0.2, -0.15) is 0 Å². The van der Waals surface area contributed by atoms with Crippen LogP contribution in [0.4, 0.5) is 0 Å². The maximum absolute atomic E-state index is 2.70. The van der Waals surface area contributed by atoms with Gasteiger partial charge in [0.25, 0.3) is 0 Å². The number of hydrogen-bond acceptors (Lipinski definition) is 1. The average Bonchev–Trinajstić information content (AvgIpc) is 3.30. The van der Waals surface area contributed by atoms with E-state index in [-0.39, 0.29) is 0 Å². The molecule has 0 N–H and O–H groups in total. The summed E-state index contributed by atoms with van der Waals surface area (Å²) in [7, 11) is 0. The molecule has 1 aliphatic heterocycles. The van der Waals surface area contributed by atoms with Crippen molar-refractivity contribution in [2.75, 3.05) is 13.1 Å². The lowest BCUT2D eigenvalue weighted by molar-refractivity contribution is 0.244. The molecule has 2 saturated carbocycles. The molecular weight excluding hydrogens is 242 g/mol. The normalized spacial score (nSPS) is 23.1. The van der Waals surface area contributed by atoms with Crippen LogP contribution < -0.4 is 0 Å². The van der Waals surface area contributed by atoms with Crippen LogP contribution in [0.3, 0.4) is 0 Å². The van der Waals surface area contributed by atoms with Crippen LogP contribution in [0.2, 0.25) is 0 Å². The summed E-state index contributed by atoms with van der Waals surface area (Å²) in [5.74, 6) is 2.59. The summed E-state index contributed by atoms with van der Waals surface area (Å²) in [6.07, 6.45) is 7.06. The minimum absolute atomic E-state index is 0.681. The summed E-state index contributed by atoms with van der Waals surface area (Å²) in [5, 5.41) is 0. The summed E-state index contributed by atoms with van der Waals surface area (Å²) in [5.41, 5.74) is 6.61. The van der Waals surface area contributed by atoms with E-state index in [1.54, 1.807) is 22.3 Å². The SMILES string of the molecule is CC(C)c1cc2c(cc1C1CC1)CN(CC1CC1)CC2. The molecule has 0 spiro atoms. The fourth-order valence-corrected chi connectivity index (χ4v) is 3.78. The van der Waals surface area contributed by atoms with Crippen molar-refractivity contribution in [1.29, 1.82) is 0 Å². The second-order valence-electron chi connectivity index (χ2n) is 7.61. The van der Waals surface area contributed by atoms with Crippen molar-refractivity contribution in [1.82, 2.24) is 4.90 Å². The Balaban J connectivity index is 1.62. The molecule has 0 unspecified atom stereocenters. The van der Waals surface area contributed by atoms with E-state index >= 15 is 0 Å². The monoisotopic (exact) mass is 269 g/mol. The van der Waals surface area contributed by atoms with Gasteiger partial charge in [-0.05, 0) is 72.1 Å². The van der Waals surface area contributed by atoms with Crippen LogP contribution in [0.1, 0.15) is 73.6 Å². The molecule has 0 saturated heterocycles. The van der Waals surface area contributed by atoms with E-state index in [1.807, 2.05) is 0 Å². The van der Waals surface area contributed by atoms with E-state index in [0.717, 1.165) is 11.8 Å². The first-order valence-corrected chi connectivity index (χ1v) is 8.58. The van der Waals surface area contributed by atoms with Crippen molar-refractivity contribution in [3.8, 4) is 0 Å². The molecule has 20 heavy (non-hydrogen) atoms. The third-order valence-corrected chi connectivity index (χ3v) is 5.35. The van der Waals surface area contributed by atoms with Gasteiger partial charge in [-0.1, -0.05) is 26.0 Å². The largest absolute Gasteiger partial charge is 0.298 e. The predicted molar refractivity (Wildman–Crippen MR) is 84.2 cm³/mol. The van der Waals surface area contributed by atoms with Crippen LogP contribution in [0.25, 0.3) is 0 Å². The second kappa shape index (κ2) is 4.87. The highest BCUT2D eigenvalue weighted by Gasteiger charge is 2.30. The Hall–Kier alpha value is -0.820. The topological polar surface area (TPSA) is 3.24 Å². The lowest BCUT2D eigenvalue weighted by atomic mass is 9.87. The Morgan fingerprint density at radius 1 is 1.10 bits per heavy atom. The Kier molecular flexibility index (Phi) is 3.14. The van der Waals surface area contributed by atoms with Crippen LogP contribution in [-0.2, 0) is 13.0 Å². The number of hydrogen-bond donors (Lipinski definition) is 0. The molecule has 1 nitrogen and oxygen atoms in total. The second-order valence-corrected chi connectivity index (χ2v) is 7.61. The number of fused-ring (bicyclic) bond motifs is 1. The Morgan fingerprint density at radius 2 is 1.90 bits per heavy atom. The molecule has 0 atom stereocenters. The van der Waals surface area contributed by atoms with Gasteiger partial charge in [-0.15, -0.1) is 0 Å². The quantitative estimate of drug-likeness (QED) is 0.780. The zero-order valence-electron chi connectivity index (χ0n) is 13.0. The molecule has 2 fully saturated rings. The van der Waals surface area contributed by atoms with Crippen molar-refractivity contribution in [2.45, 2.75) is 64.3 Å². The first-order valence-electron chi connectivity index (χ1n) is 8.58. The van der Waals surface area contributed by atoms with Crippen LogP contribution in [-0.4, -0.2) is 18.0 Å². The zero-order valence-corrected chi connectivity index (χ0v) is 13.0. The van der Waals surface area contributed by atoms with Crippen molar-refractivity contribution >= 4 is 0 Å². The summed E-state index contributed by atoms with van der Waals surface area (Å²) >= 11 is 0. The molecule has 2 aliphatic carbocycles. The number of benzene rings is 1. The highest BCUT2D eigenvalue weighted by molar-refractivity contribution is 5.44. The van der Waals surface area contributed by atoms with Crippen LogP contribution in [0.15, 0.2) is 12.1 Å². The van der Waals surface area contributed by atoms with E-state index in [9.17, 15) is 0 Å². The summed E-state index contributed by atoms with van der Waals surface area (Å²) in [6, 6.07) is 5.14. The van der Waals surface area contributed by atoms with Crippen LogP contribution in [0, 0.1) is 5.92 Å². The molecule has 1 aromatic rings. The maximum Gasteiger partial charge on any atom is 0.0236 e. The van der Waals surface area contributed by atoms with E-state index < -0.39 is 0 Å². The maximum atomic E-state index is 2.70. The minimum Gasteiger partial charge on any atom is -0.298 e. The van der Waals surface area contributed by atoms with Gasteiger partial charge in [0.15, 0.2) is 0 Å². The highest BCUT2D eigenvalue weighted by Crippen LogP contribution is 2.44. The predicted octanol–water partition coefficient (Wildman–Crippen LogP) is 4.46. The third-order valence-electron chi connectivity index (χ3n) is 5.35. The summed E-state index contributed by atoms with van der Waals surface area (Å²) in [4.78, 5) is 2.70. The van der Waals surface area contributed by atoms with E-state index in [2.05, 4.69) is 30.9 Å².